The second-order valence-electron chi connectivity index (χ2n) is 5.27. The van der Waals surface area contributed by atoms with Gasteiger partial charge in [-0.3, -0.25) is 4.90 Å². The van der Waals surface area contributed by atoms with Gasteiger partial charge in [-0.15, -0.1) is 0 Å². The van der Waals surface area contributed by atoms with Crippen molar-refractivity contribution in [3.63, 3.8) is 0 Å². The van der Waals surface area contributed by atoms with Gasteiger partial charge in [-0.2, -0.15) is 0 Å². The molecule has 4 heteroatoms. The van der Waals surface area contributed by atoms with Gasteiger partial charge in [-0.25, -0.2) is 4.98 Å². The van der Waals surface area contributed by atoms with Gasteiger partial charge in [0.1, 0.15) is 0 Å². The van der Waals surface area contributed by atoms with Crippen LogP contribution in [0.5, 0.6) is 0 Å². The van der Waals surface area contributed by atoms with E-state index in [4.69, 9.17) is 5.73 Å². The Morgan fingerprint density at radius 3 is 2.76 bits per heavy atom. The summed E-state index contributed by atoms with van der Waals surface area (Å²) >= 11 is 0. The molecule has 94 valence electrons. The van der Waals surface area contributed by atoms with Gasteiger partial charge >= 0.3 is 0 Å². The highest BCUT2D eigenvalue weighted by Crippen LogP contribution is 2.39. The molecule has 0 bridgehead atoms. The molecular formula is C13H22N4. The maximum absolute atomic E-state index is 6.01. The fourth-order valence-corrected chi connectivity index (χ4v) is 2.80. The Balaban J connectivity index is 1.84. The summed E-state index contributed by atoms with van der Waals surface area (Å²) in [5.41, 5.74) is 7.34. The SMILES string of the molecule is CCN(C1CC1)C(CN)c1cncn1C1CC1. The van der Waals surface area contributed by atoms with Gasteiger partial charge in [-0.05, 0) is 32.2 Å². The average molecular weight is 234 g/mol. The molecule has 2 fully saturated rings. The summed E-state index contributed by atoms with van der Waals surface area (Å²) in [6.45, 7) is 4.02. The molecule has 0 spiro atoms. The highest BCUT2D eigenvalue weighted by atomic mass is 15.2. The van der Waals surface area contributed by atoms with Crippen molar-refractivity contribution in [2.45, 2.75) is 50.7 Å². The number of hydrogen-bond acceptors (Lipinski definition) is 3. The molecule has 2 aliphatic rings. The first-order valence-corrected chi connectivity index (χ1v) is 6.82. The summed E-state index contributed by atoms with van der Waals surface area (Å²) < 4.78 is 2.35. The van der Waals surface area contributed by atoms with E-state index in [0.29, 0.717) is 18.6 Å². The summed E-state index contributed by atoms with van der Waals surface area (Å²) in [6.07, 6.45) is 9.27. The zero-order valence-corrected chi connectivity index (χ0v) is 10.5. The molecule has 17 heavy (non-hydrogen) atoms. The summed E-state index contributed by atoms with van der Waals surface area (Å²) in [4.78, 5) is 6.88. The topological polar surface area (TPSA) is 47.1 Å². The van der Waals surface area contributed by atoms with E-state index in [0.717, 1.165) is 12.6 Å². The molecule has 1 heterocycles. The second-order valence-corrected chi connectivity index (χ2v) is 5.27. The zero-order chi connectivity index (χ0) is 11.8. The number of nitrogens with zero attached hydrogens (tertiary/aromatic N) is 3. The van der Waals surface area contributed by atoms with Gasteiger partial charge in [0.2, 0.25) is 0 Å². The summed E-state index contributed by atoms with van der Waals surface area (Å²) in [5, 5.41) is 0. The van der Waals surface area contributed by atoms with Crippen molar-refractivity contribution in [1.29, 1.82) is 0 Å². The fraction of sp³-hybridized carbons (Fsp3) is 0.769. The molecule has 1 atom stereocenters. The minimum Gasteiger partial charge on any atom is -0.330 e. The van der Waals surface area contributed by atoms with Gasteiger partial charge in [0.05, 0.1) is 18.1 Å². The van der Waals surface area contributed by atoms with Crippen molar-refractivity contribution < 1.29 is 0 Å². The predicted molar refractivity (Wildman–Crippen MR) is 67.7 cm³/mol. The maximum atomic E-state index is 6.01. The van der Waals surface area contributed by atoms with Crippen LogP contribution in [0.3, 0.4) is 0 Å². The lowest BCUT2D eigenvalue weighted by Gasteiger charge is -2.30. The lowest BCUT2D eigenvalue weighted by Crippen LogP contribution is -2.36. The van der Waals surface area contributed by atoms with Crippen LogP contribution in [0.2, 0.25) is 0 Å². The Kier molecular flexibility index (Phi) is 2.92. The maximum Gasteiger partial charge on any atom is 0.0951 e. The number of imidazole rings is 1. The largest absolute Gasteiger partial charge is 0.330 e. The quantitative estimate of drug-likeness (QED) is 0.815. The molecule has 2 saturated carbocycles. The van der Waals surface area contributed by atoms with E-state index in [1.165, 1.54) is 31.4 Å². The molecule has 1 unspecified atom stereocenters. The standard InChI is InChI=1S/C13H22N4/c1-2-16(10-3-4-10)12(7-14)13-8-15-9-17(13)11-5-6-11/h8-12H,2-7,14H2,1H3. The highest BCUT2D eigenvalue weighted by molar-refractivity contribution is 5.11. The molecule has 4 nitrogen and oxygen atoms in total. The lowest BCUT2D eigenvalue weighted by atomic mass is 10.1. The minimum absolute atomic E-state index is 0.357. The first kappa shape index (κ1) is 11.2. The molecule has 1 aromatic heterocycles. The van der Waals surface area contributed by atoms with E-state index < -0.39 is 0 Å². The van der Waals surface area contributed by atoms with Crippen molar-refractivity contribution >= 4 is 0 Å². The Bertz CT molecular complexity index is 379. The third-order valence-corrected chi connectivity index (χ3v) is 3.98. The van der Waals surface area contributed by atoms with E-state index in [-0.39, 0.29) is 0 Å². The van der Waals surface area contributed by atoms with Crippen molar-refractivity contribution in [2.24, 2.45) is 5.73 Å². The smallest absolute Gasteiger partial charge is 0.0951 e. The fourth-order valence-electron chi connectivity index (χ4n) is 2.80. The van der Waals surface area contributed by atoms with Crippen LogP contribution in [-0.2, 0) is 0 Å². The van der Waals surface area contributed by atoms with E-state index in [1.54, 1.807) is 0 Å². The third kappa shape index (κ3) is 2.11. The number of hydrogen-bond donors (Lipinski definition) is 1. The van der Waals surface area contributed by atoms with Crippen molar-refractivity contribution in [1.82, 2.24) is 14.5 Å². The van der Waals surface area contributed by atoms with E-state index >= 15 is 0 Å². The second kappa shape index (κ2) is 4.42. The number of aromatic nitrogens is 2. The van der Waals surface area contributed by atoms with Gasteiger partial charge in [0, 0.05) is 24.8 Å². The molecule has 2 N–H and O–H groups in total. The Hall–Kier alpha value is -0.870. The zero-order valence-electron chi connectivity index (χ0n) is 10.5. The summed E-state index contributed by atoms with van der Waals surface area (Å²) in [5.74, 6) is 0. The molecule has 0 aromatic carbocycles. The monoisotopic (exact) mass is 234 g/mol. The van der Waals surface area contributed by atoms with Crippen LogP contribution in [0.4, 0.5) is 0 Å². The number of rotatable bonds is 6. The van der Waals surface area contributed by atoms with Crippen LogP contribution in [0.15, 0.2) is 12.5 Å². The van der Waals surface area contributed by atoms with Crippen LogP contribution in [0, 0.1) is 0 Å². The van der Waals surface area contributed by atoms with Gasteiger partial charge in [-0.1, -0.05) is 6.92 Å². The predicted octanol–water partition coefficient (Wildman–Crippen LogP) is 1.70. The van der Waals surface area contributed by atoms with E-state index in [1.807, 2.05) is 12.5 Å². The van der Waals surface area contributed by atoms with Gasteiger partial charge < -0.3 is 10.3 Å². The van der Waals surface area contributed by atoms with Crippen molar-refractivity contribution in [2.75, 3.05) is 13.1 Å². The Morgan fingerprint density at radius 2 is 2.24 bits per heavy atom. The van der Waals surface area contributed by atoms with Gasteiger partial charge in [0.25, 0.3) is 0 Å². The van der Waals surface area contributed by atoms with Crippen molar-refractivity contribution in [3.8, 4) is 0 Å². The number of likely N-dealkylation sites (N-methyl/N-ethyl adjacent to an activating group) is 1. The molecule has 2 aliphatic carbocycles. The summed E-state index contributed by atoms with van der Waals surface area (Å²) in [6, 6.07) is 1.81. The lowest BCUT2D eigenvalue weighted by molar-refractivity contribution is 0.194. The normalized spacial score (nSPS) is 22.1. The molecule has 3 rings (SSSR count). The third-order valence-electron chi connectivity index (χ3n) is 3.98. The van der Waals surface area contributed by atoms with E-state index in [2.05, 4.69) is 21.4 Å². The van der Waals surface area contributed by atoms with E-state index in [9.17, 15) is 0 Å². The van der Waals surface area contributed by atoms with Crippen LogP contribution in [-0.4, -0.2) is 33.6 Å². The minimum atomic E-state index is 0.357. The van der Waals surface area contributed by atoms with Crippen LogP contribution in [0.25, 0.3) is 0 Å². The Morgan fingerprint density at radius 1 is 1.47 bits per heavy atom. The summed E-state index contributed by atoms with van der Waals surface area (Å²) in [7, 11) is 0. The van der Waals surface area contributed by atoms with Crippen LogP contribution < -0.4 is 5.73 Å². The first-order valence-electron chi connectivity index (χ1n) is 6.82. The average Bonchev–Trinajstić information content (AvgIpc) is 3.26. The molecular weight excluding hydrogens is 212 g/mol. The van der Waals surface area contributed by atoms with Gasteiger partial charge in [0.15, 0.2) is 0 Å². The highest BCUT2D eigenvalue weighted by Gasteiger charge is 2.35. The molecule has 0 saturated heterocycles. The first-order chi connectivity index (χ1) is 8.35. The molecule has 0 radical (unpaired) electrons. The van der Waals surface area contributed by atoms with Crippen LogP contribution in [0.1, 0.15) is 50.4 Å². The molecule has 0 amide bonds. The number of nitrogens with two attached hydrogens (primary N) is 1. The Labute approximate surface area is 103 Å². The van der Waals surface area contributed by atoms with Crippen LogP contribution >= 0.6 is 0 Å². The van der Waals surface area contributed by atoms with Crippen molar-refractivity contribution in [3.05, 3.63) is 18.2 Å². The molecule has 1 aromatic rings. The molecule has 0 aliphatic heterocycles.